The quantitative estimate of drug-likeness (QED) is 0.539. The van der Waals surface area contributed by atoms with Gasteiger partial charge in [0.25, 0.3) is 0 Å². The monoisotopic (exact) mass is 160 g/mol. The Morgan fingerprint density at radius 3 is 2.90 bits per heavy atom. The molecule has 0 aliphatic carbocycles. The molecule has 0 aromatic heterocycles. The summed E-state index contributed by atoms with van der Waals surface area (Å²) >= 11 is 0.657. The maximum Gasteiger partial charge on any atom is 0.321 e. The molecule has 1 aliphatic heterocycles. The lowest BCUT2D eigenvalue weighted by atomic mass is 10.0. The molecule has 1 unspecified atom stereocenters. The van der Waals surface area contributed by atoms with Crippen LogP contribution in [0, 0.1) is 5.92 Å². The Hall–Kier alpha value is -0.510. The minimum absolute atomic E-state index is 0.0496. The molecule has 0 aromatic carbocycles. The highest BCUT2D eigenvalue weighted by Gasteiger charge is 2.28. The van der Waals surface area contributed by atoms with E-state index in [1.807, 2.05) is 6.92 Å². The minimum Gasteiger partial charge on any atom is -0.383 e. The molecule has 10 heavy (non-hydrogen) atoms. The molecule has 56 valence electrons. The van der Waals surface area contributed by atoms with Crippen LogP contribution in [0.1, 0.15) is 19.8 Å². The summed E-state index contributed by atoms with van der Waals surface area (Å²) in [5, 5.41) is -0.0496. The Bertz CT molecular complexity index is 166. The normalized spacial score (nSPS) is 26.3. The summed E-state index contributed by atoms with van der Waals surface area (Å²) in [5.74, 6) is -0.458. The summed E-state index contributed by atoms with van der Waals surface area (Å²) in [4.78, 5) is 21.4. The van der Waals surface area contributed by atoms with E-state index in [4.69, 9.17) is 0 Å². The van der Waals surface area contributed by atoms with Crippen LogP contribution in [0.5, 0.6) is 0 Å². The largest absolute Gasteiger partial charge is 0.383 e. The topological polar surface area (TPSA) is 43.4 Å². The van der Waals surface area contributed by atoms with Crippen molar-refractivity contribution in [3.63, 3.8) is 0 Å². The van der Waals surface area contributed by atoms with Gasteiger partial charge in [-0.05, 0) is 6.42 Å². The molecule has 0 amide bonds. The van der Waals surface area contributed by atoms with Crippen molar-refractivity contribution in [3.8, 4) is 0 Å². The van der Waals surface area contributed by atoms with Gasteiger partial charge >= 0.3 is 5.97 Å². The van der Waals surface area contributed by atoms with Crippen LogP contribution in [-0.2, 0) is 13.8 Å². The van der Waals surface area contributed by atoms with Crippen molar-refractivity contribution in [3.05, 3.63) is 0 Å². The maximum absolute atomic E-state index is 10.8. The third kappa shape index (κ3) is 1.50. The molecule has 0 bridgehead atoms. The fraction of sp³-hybridized carbons (Fsp3) is 0.667. The number of rotatable bonds is 1. The SMILES string of the molecule is CCC1CC(=O)SOC1=O. The van der Waals surface area contributed by atoms with Crippen LogP contribution in [0.3, 0.4) is 0 Å². The fourth-order valence-electron chi connectivity index (χ4n) is 0.785. The third-order valence-electron chi connectivity index (χ3n) is 1.46. The van der Waals surface area contributed by atoms with Gasteiger partial charge in [-0.3, -0.25) is 9.59 Å². The zero-order chi connectivity index (χ0) is 7.56. The van der Waals surface area contributed by atoms with Crippen LogP contribution in [0.4, 0.5) is 0 Å². The molecule has 0 N–H and O–H groups in total. The Balaban J connectivity index is 2.53. The molecule has 0 spiro atoms. The summed E-state index contributed by atoms with van der Waals surface area (Å²) in [6, 6.07) is 0. The predicted molar refractivity (Wildman–Crippen MR) is 37.1 cm³/mol. The van der Waals surface area contributed by atoms with E-state index < -0.39 is 0 Å². The Morgan fingerprint density at radius 1 is 1.70 bits per heavy atom. The van der Waals surface area contributed by atoms with E-state index in [9.17, 15) is 9.59 Å². The highest BCUT2D eigenvalue weighted by Crippen LogP contribution is 2.24. The molecule has 1 saturated heterocycles. The van der Waals surface area contributed by atoms with Crippen molar-refractivity contribution >= 4 is 23.1 Å². The van der Waals surface area contributed by atoms with Crippen LogP contribution >= 0.6 is 12.0 Å². The van der Waals surface area contributed by atoms with Crippen molar-refractivity contribution in [1.29, 1.82) is 0 Å². The second kappa shape index (κ2) is 3.05. The van der Waals surface area contributed by atoms with Gasteiger partial charge in [-0.1, -0.05) is 6.92 Å². The standard InChI is InChI=1S/C6H8O3S/c1-2-4-3-5(7)10-9-6(4)8/h4H,2-3H2,1H3. The van der Waals surface area contributed by atoms with Crippen molar-refractivity contribution in [2.24, 2.45) is 5.92 Å². The van der Waals surface area contributed by atoms with E-state index in [1.165, 1.54) is 0 Å². The van der Waals surface area contributed by atoms with Gasteiger partial charge in [0.2, 0.25) is 5.12 Å². The van der Waals surface area contributed by atoms with Gasteiger partial charge in [0.15, 0.2) is 0 Å². The molecule has 1 aliphatic rings. The van der Waals surface area contributed by atoms with Crippen molar-refractivity contribution in [2.45, 2.75) is 19.8 Å². The first-order valence-electron chi connectivity index (χ1n) is 3.15. The summed E-state index contributed by atoms with van der Waals surface area (Å²) in [7, 11) is 0. The lowest BCUT2D eigenvalue weighted by Gasteiger charge is -2.15. The lowest BCUT2D eigenvalue weighted by Crippen LogP contribution is -2.22. The van der Waals surface area contributed by atoms with Crippen LogP contribution in [0.2, 0.25) is 0 Å². The molecule has 1 fully saturated rings. The van der Waals surface area contributed by atoms with Gasteiger partial charge in [0.1, 0.15) is 12.0 Å². The first-order chi connectivity index (χ1) is 4.74. The van der Waals surface area contributed by atoms with E-state index in [2.05, 4.69) is 4.18 Å². The second-order valence-corrected chi connectivity index (χ2v) is 2.96. The van der Waals surface area contributed by atoms with E-state index in [1.54, 1.807) is 0 Å². The van der Waals surface area contributed by atoms with Crippen molar-refractivity contribution < 1.29 is 13.8 Å². The number of hydrogen-bond acceptors (Lipinski definition) is 4. The van der Waals surface area contributed by atoms with Crippen molar-refractivity contribution in [1.82, 2.24) is 0 Å². The molecule has 4 heteroatoms. The maximum atomic E-state index is 10.8. The van der Waals surface area contributed by atoms with Gasteiger partial charge in [0.05, 0.1) is 5.92 Å². The highest BCUT2D eigenvalue weighted by molar-refractivity contribution is 8.10. The molecular weight excluding hydrogens is 152 g/mol. The summed E-state index contributed by atoms with van der Waals surface area (Å²) in [5.41, 5.74) is 0. The molecule has 3 nitrogen and oxygen atoms in total. The molecular formula is C6H8O3S. The highest BCUT2D eigenvalue weighted by atomic mass is 32.2. The van der Waals surface area contributed by atoms with Crippen LogP contribution in [0.25, 0.3) is 0 Å². The molecule has 0 saturated carbocycles. The average Bonchev–Trinajstić information content (AvgIpc) is 1.94. The average molecular weight is 160 g/mol. The van der Waals surface area contributed by atoms with Crippen molar-refractivity contribution in [2.75, 3.05) is 0 Å². The van der Waals surface area contributed by atoms with E-state index in [-0.39, 0.29) is 17.0 Å². The summed E-state index contributed by atoms with van der Waals surface area (Å²) in [6.45, 7) is 1.87. The smallest absolute Gasteiger partial charge is 0.321 e. The Kier molecular flexibility index (Phi) is 2.32. The lowest BCUT2D eigenvalue weighted by molar-refractivity contribution is -0.141. The van der Waals surface area contributed by atoms with Gasteiger partial charge in [-0.15, -0.1) is 0 Å². The van der Waals surface area contributed by atoms with Crippen LogP contribution in [0.15, 0.2) is 0 Å². The molecule has 0 aromatic rings. The number of carbonyl (C=O) groups is 2. The first kappa shape index (κ1) is 7.60. The third-order valence-corrected chi connectivity index (χ3v) is 2.06. The van der Waals surface area contributed by atoms with E-state index >= 15 is 0 Å². The van der Waals surface area contributed by atoms with Gasteiger partial charge in [-0.25, -0.2) is 0 Å². The molecule has 1 atom stereocenters. The van der Waals surface area contributed by atoms with E-state index in [0.717, 1.165) is 0 Å². The molecule has 1 heterocycles. The van der Waals surface area contributed by atoms with Gasteiger partial charge < -0.3 is 4.18 Å². The zero-order valence-electron chi connectivity index (χ0n) is 5.62. The fourth-order valence-corrected chi connectivity index (χ4v) is 1.37. The Morgan fingerprint density at radius 2 is 2.40 bits per heavy atom. The molecule has 0 radical (unpaired) electrons. The number of hydrogen-bond donors (Lipinski definition) is 0. The summed E-state index contributed by atoms with van der Waals surface area (Å²) in [6.07, 6.45) is 1.02. The molecule has 1 rings (SSSR count). The van der Waals surface area contributed by atoms with Gasteiger partial charge in [0, 0.05) is 6.42 Å². The van der Waals surface area contributed by atoms with Gasteiger partial charge in [-0.2, -0.15) is 0 Å². The second-order valence-electron chi connectivity index (χ2n) is 2.17. The number of carbonyl (C=O) groups excluding carboxylic acids is 2. The summed E-state index contributed by atoms with van der Waals surface area (Å²) < 4.78 is 4.52. The van der Waals surface area contributed by atoms with Crippen LogP contribution < -0.4 is 0 Å². The predicted octanol–water partition coefficient (Wildman–Crippen LogP) is 1.13. The van der Waals surface area contributed by atoms with Crippen LogP contribution in [-0.4, -0.2) is 11.1 Å². The Labute approximate surface area is 63.3 Å². The first-order valence-corrected chi connectivity index (χ1v) is 3.89. The zero-order valence-corrected chi connectivity index (χ0v) is 6.44. The van der Waals surface area contributed by atoms with E-state index in [0.29, 0.717) is 24.9 Å². The minimum atomic E-state index is -0.257.